The molecule has 1 fully saturated rings. The highest BCUT2D eigenvalue weighted by Crippen LogP contribution is 2.28. The molecule has 3 atom stereocenters. The Morgan fingerprint density at radius 2 is 1.68 bits per heavy atom. The van der Waals surface area contributed by atoms with Gasteiger partial charge in [-0.1, -0.05) is 60.7 Å². The number of hydrogen-bond donors (Lipinski definition) is 5. The van der Waals surface area contributed by atoms with Gasteiger partial charge in [-0.3, -0.25) is 4.79 Å². The number of imidazole rings is 1. The van der Waals surface area contributed by atoms with Crippen LogP contribution in [0.15, 0.2) is 91.3 Å². The molecule has 1 amide bonds. The van der Waals surface area contributed by atoms with Crippen LogP contribution in [0.2, 0.25) is 0 Å². The Hall–Kier alpha value is -5.04. The highest BCUT2D eigenvalue weighted by molar-refractivity contribution is 5.93. The number of rotatable bonds is 10. The van der Waals surface area contributed by atoms with Crippen LogP contribution in [-0.2, 0) is 9.53 Å². The van der Waals surface area contributed by atoms with Crippen molar-refractivity contribution >= 4 is 40.2 Å². The normalized spacial score (nSPS) is 18.0. The van der Waals surface area contributed by atoms with Gasteiger partial charge in [0.25, 0.3) is 5.91 Å². The molecule has 0 bridgehead atoms. The van der Waals surface area contributed by atoms with E-state index in [9.17, 15) is 15.0 Å². The molecule has 0 saturated carbocycles. The Morgan fingerprint density at radius 1 is 1.02 bits per heavy atom. The standard InChI is InChI=1S/C32H34N8O4/c1-2-39(31(43)28-27(42)25(41)18-44-28)40-19-35-26-29(37-32(38-30(26)40)36-23-15-13-22(33)14-16-23)34-17-24(20-9-5-3-6-10-20)21-11-7-4-8-12-21/h3-16,19,24-25,27-28,41-42H,2,17-18,33H2,1H3,(H2,34,36,37,38)/t25-,27-,28-/m0/s1. The number of benzene rings is 3. The Bertz CT molecular complexity index is 1680. The van der Waals surface area contributed by atoms with E-state index >= 15 is 0 Å². The number of anilines is 4. The zero-order valence-electron chi connectivity index (χ0n) is 24.1. The molecule has 5 aromatic rings. The molecule has 1 aliphatic rings. The fraction of sp³-hybridized carbons (Fsp3) is 0.250. The van der Waals surface area contributed by atoms with Crippen molar-refractivity contribution in [2.75, 3.05) is 41.1 Å². The average molecular weight is 595 g/mol. The fourth-order valence-corrected chi connectivity index (χ4v) is 5.32. The lowest BCUT2D eigenvalue weighted by Gasteiger charge is -2.26. The number of aliphatic hydroxyl groups excluding tert-OH is 2. The lowest BCUT2D eigenvalue weighted by molar-refractivity contribution is -0.132. The number of amides is 1. The molecule has 3 heterocycles. The van der Waals surface area contributed by atoms with E-state index in [1.807, 2.05) is 48.5 Å². The second-order valence-electron chi connectivity index (χ2n) is 10.5. The van der Waals surface area contributed by atoms with Crippen LogP contribution in [0.3, 0.4) is 0 Å². The van der Waals surface area contributed by atoms with Crippen molar-refractivity contribution < 1.29 is 19.7 Å². The summed E-state index contributed by atoms with van der Waals surface area (Å²) in [4.78, 5) is 27.6. The molecule has 0 unspecified atom stereocenters. The Labute approximate surface area is 254 Å². The minimum Gasteiger partial charge on any atom is -0.399 e. The summed E-state index contributed by atoms with van der Waals surface area (Å²) >= 11 is 0. The number of carbonyl (C=O) groups excluding carboxylic acids is 1. The van der Waals surface area contributed by atoms with Crippen LogP contribution in [0.1, 0.15) is 24.0 Å². The lowest BCUT2D eigenvalue weighted by Crippen LogP contribution is -2.50. The molecular formula is C32H34N8O4. The number of aromatic nitrogens is 4. The molecule has 44 heavy (non-hydrogen) atoms. The second kappa shape index (κ2) is 12.7. The van der Waals surface area contributed by atoms with E-state index in [1.54, 1.807) is 19.1 Å². The molecule has 1 saturated heterocycles. The minimum atomic E-state index is -1.34. The van der Waals surface area contributed by atoms with E-state index < -0.39 is 24.2 Å². The number of likely N-dealkylation sites (N-methyl/N-ethyl adjacent to an activating group) is 1. The lowest BCUT2D eigenvalue weighted by atomic mass is 9.91. The van der Waals surface area contributed by atoms with Gasteiger partial charge in [0, 0.05) is 30.4 Å². The summed E-state index contributed by atoms with van der Waals surface area (Å²) < 4.78 is 6.94. The smallest absolute Gasteiger partial charge is 0.273 e. The number of aliphatic hydroxyl groups is 2. The van der Waals surface area contributed by atoms with E-state index in [0.717, 1.165) is 16.8 Å². The van der Waals surface area contributed by atoms with Crippen LogP contribution in [0.4, 0.5) is 23.1 Å². The average Bonchev–Trinajstić information content (AvgIpc) is 3.62. The highest BCUT2D eigenvalue weighted by atomic mass is 16.5. The SMILES string of the molecule is CCN(C(=O)[C@H]1OC[C@H](O)[C@@H]1O)n1cnc2c(NCC(c3ccccc3)c3ccccc3)nc(Nc3ccc(N)cc3)nc21. The fourth-order valence-electron chi connectivity index (χ4n) is 5.32. The number of hydrogen-bond acceptors (Lipinski definition) is 10. The van der Waals surface area contributed by atoms with Crippen LogP contribution in [0.5, 0.6) is 0 Å². The highest BCUT2D eigenvalue weighted by Gasteiger charge is 2.42. The van der Waals surface area contributed by atoms with Gasteiger partial charge in [0.2, 0.25) is 5.95 Å². The van der Waals surface area contributed by atoms with E-state index in [1.165, 1.54) is 16.0 Å². The third kappa shape index (κ3) is 5.91. The number of fused-ring (bicyclic) bond motifs is 1. The molecule has 6 N–H and O–H groups in total. The Balaban J connectivity index is 1.38. The Kier molecular flexibility index (Phi) is 8.37. The van der Waals surface area contributed by atoms with E-state index in [0.29, 0.717) is 29.2 Å². The molecule has 12 nitrogen and oxygen atoms in total. The first-order chi connectivity index (χ1) is 21.4. The third-order valence-corrected chi connectivity index (χ3v) is 7.63. The predicted octanol–water partition coefficient (Wildman–Crippen LogP) is 3.00. The number of nitrogens with zero attached hydrogens (tertiary/aromatic N) is 5. The quantitative estimate of drug-likeness (QED) is 0.152. The van der Waals surface area contributed by atoms with Gasteiger partial charge < -0.3 is 31.3 Å². The maximum Gasteiger partial charge on any atom is 0.273 e. The van der Waals surface area contributed by atoms with Crippen molar-refractivity contribution in [3.63, 3.8) is 0 Å². The molecular weight excluding hydrogens is 560 g/mol. The van der Waals surface area contributed by atoms with Crippen molar-refractivity contribution in [3.05, 3.63) is 102 Å². The van der Waals surface area contributed by atoms with Gasteiger partial charge in [0.15, 0.2) is 23.1 Å². The molecule has 12 heteroatoms. The molecule has 2 aromatic heterocycles. The van der Waals surface area contributed by atoms with Crippen molar-refractivity contribution in [2.24, 2.45) is 0 Å². The van der Waals surface area contributed by atoms with Crippen LogP contribution in [-0.4, -0.2) is 73.8 Å². The number of carbonyl (C=O) groups is 1. The maximum atomic E-state index is 13.5. The summed E-state index contributed by atoms with van der Waals surface area (Å²) in [5.74, 6) is 0.239. The molecule has 1 aliphatic heterocycles. The monoisotopic (exact) mass is 594 g/mol. The van der Waals surface area contributed by atoms with Gasteiger partial charge in [0.05, 0.1) is 6.61 Å². The predicted molar refractivity (Wildman–Crippen MR) is 168 cm³/mol. The van der Waals surface area contributed by atoms with E-state index in [-0.39, 0.29) is 25.0 Å². The zero-order chi connectivity index (χ0) is 30.6. The number of ether oxygens (including phenoxy) is 1. The third-order valence-electron chi connectivity index (χ3n) is 7.63. The summed E-state index contributed by atoms with van der Waals surface area (Å²) in [7, 11) is 0. The van der Waals surface area contributed by atoms with Gasteiger partial charge in [-0.25, -0.2) is 14.7 Å². The first-order valence-corrected chi connectivity index (χ1v) is 14.4. The molecule has 0 radical (unpaired) electrons. The summed E-state index contributed by atoms with van der Waals surface area (Å²) in [6.07, 6.45) is -2.21. The van der Waals surface area contributed by atoms with Crippen molar-refractivity contribution in [1.82, 2.24) is 19.6 Å². The van der Waals surface area contributed by atoms with Crippen molar-refractivity contribution in [2.45, 2.75) is 31.2 Å². The van der Waals surface area contributed by atoms with Crippen molar-refractivity contribution in [1.29, 1.82) is 0 Å². The van der Waals surface area contributed by atoms with Crippen molar-refractivity contribution in [3.8, 4) is 0 Å². The largest absolute Gasteiger partial charge is 0.399 e. The molecule has 3 aromatic carbocycles. The number of nitrogen functional groups attached to an aromatic ring is 1. The van der Waals surface area contributed by atoms with Crippen LogP contribution in [0.25, 0.3) is 11.2 Å². The van der Waals surface area contributed by atoms with Gasteiger partial charge in [-0.2, -0.15) is 9.97 Å². The van der Waals surface area contributed by atoms with Crippen LogP contribution < -0.4 is 21.4 Å². The summed E-state index contributed by atoms with van der Waals surface area (Å²) in [6.45, 7) is 2.39. The Morgan fingerprint density at radius 3 is 2.27 bits per heavy atom. The van der Waals surface area contributed by atoms with Gasteiger partial charge in [-0.15, -0.1) is 0 Å². The van der Waals surface area contributed by atoms with Gasteiger partial charge >= 0.3 is 0 Å². The first-order valence-electron chi connectivity index (χ1n) is 14.4. The van der Waals surface area contributed by atoms with Crippen LogP contribution in [0, 0.1) is 0 Å². The molecule has 0 spiro atoms. The number of nitrogens with two attached hydrogens (primary N) is 1. The van der Waals surface area contributed by atoms with Crippen LogP contribution >= 0.6 is 0 Å². The summed E-state index contributed by atoms with van der Waals surface area (Å²) in [5.41, 5.74) is 10.3. The summed E-state index contributed by atoms with van der Waals surface area (Å²) in [5, 5.41) is 28.4. The van der Waals surface area contributed by atoms with Gasteiger partial charge in [-0.05, 0) is 42.3 Å². The molecule has 6 rings (SSSR count). The first kappa shape index (κ1) is 29.1. The summed E-state index contributed by atoms with van der Waals surface area (Å²) in [6, 6.07) is 27.6. The van der Waals surface area contributed by atoms with E-state index in [2.05, 4.69) is 39.9 Å². The minimum absolute atomic E-state index is 0.0131. The molecule has 0 aliphatic carbocycles. The maximum absolute atomic E-state index is 13.5. The second-order valence-corrected chi connectivity index (χ2v) is 10.5. The van der Waals surface area contributed by atoms with Gasteiger partial charge in [0.1, 0.15) is 18.5 Å². The zero-order valence-corrected chi connectivity index (χ0v) is 24.1. The van der Waals surface area contributed by atoms with E-state index in [4.69, 9.17) is 20.4 Å². The molecule has 226 valence electrons. The topological polar surface area (TPSA) is 164 Å². The number of nitrogens with one attached hydrogen (secondary N) is 2.